The first kappa shape index (κ1) is 14.9. The standard InChI is InChI=1S/C11H22N2O3/c1-3-4-10(5-6-14)7-13-11(16)8-12-9(2)15/h10,14H,3-8H2,1-2H3,(H,12,15)(H,13,16). The molecule has 0 aliphatic carbocycles. The van der Waals surface area contributed by atoms with Crippen LogP contribution in [0.25, 0.3) is 0 Å². The average Bonchev–Trinajstić information content (AvgIpc) is 2.23. The number of rotatable bonds is 8. The van der Waals surface area contributed by atoms with E-state index in [1.165, 1.54) is 6.92 Å². The van der Waals surface area contributed by atoms with E-state index in [0.717, 1.165) is 12.8 Å². The fourth-order valence-electron chi connectivity index (χ4n) is 1.46. The molecule has 0 fully saturated rings. The van der Waals surface area contributed by atoms with Gasteiger partial charge in [0.15, 0.2) is 0 Å². The molecule has 0 heterocycles. The maximum Gasteiger partial charge on any atom is 0.239 e. The molecule has 0 aliphatic heterocycles. The van der Waals surface area contributed by atoms with Gasteiger partial charge in [0.25, 0.3) is 0 Å². The maximum absolute atomic E-state index is 11.3. The lowest BCUT2D eigenvalue weighted by Crippen LogP contribution is -2.38. The first-order chi connectivity index (χ1) is 7.60. The van der Waals surface area contributed by atoms with Crippen LogP contribution in [0.2, 0.25) is 0 Å². The number of hydrogen-bond acceptors (Lipinski definition) is 3. The molecule has 2 amide bonds. The Bertz CT molecular complexity index is 213. The Morgan fingerprint density at radius 3 is 2.44 bits per heavy atom. The molecule has 0 aromatic carbocycles. The van der Waals surface area contributed by atoms with Crippen molar-refractivity contribution in [3.05, 3.63) is 0 Å². The van der Waals surface area contributed by atoms with Gasteiger partial charge in [0.1, 0.15) is 0 Å². The number of amides is 2. The summed E-state index contributed by atoms with van der Waals surface area (Å²) in [6.07, 6.45) is 2.72. The molecule has 0 saturated carbocycles. The molecule has 0 aromatic heterocycles. The second-order valence-electron chi connectivity index (χ2n) is 3.88. The van der Waals surface area contributed by atoms with Crippen LogP contribution in [0.4, 0.5) is 0 Å². The van der Waals surface area contributed by atoms with E-state index in [4.69, 9.17) is 5.11 Å². The van der Waals surface area contributed by atoms with E-state index < -0.39 is 0 Å². The molecule has 0 aromatic rings. The third-order valence-corrected chi connectivity index (χ3v) is 2.32. The van der Waals surface area contributed by atoms with Crippen molar-refractivity contribution in [2.45, 2.75) is 33.1 Å². The SMILES string of the molecule is CCCC(CCO)CNC(=O)CNC(C)=O. The molecule has 3 N–H and O–H groups in total. The predicted octanol–water partition coefficient (Wildman–Crippen LogP) is 0.0374. The summed E-state index contributed by atoms with van der Waals surface area (Å²) in [7, 11) is 0. The number of carbonyl (C=O) groups excluding carboxylic acids is 2. The van der Waals surface area contributed by atoms with Crippen molar-refractivity contribution in [1.29, 1.82) is 0 Å². The molecular formula is C11H22N2O3. The number of aliphatic hydroxyl groups is 1. The highest BCUT2D eigenvalue weighted by Crippen LogP contribution is 2.08. The van der Waals surface area contributed by atoms with E-state index in [0.29, 0.717) is 18.9 Å². The van der Waals surface area contributed by atoms with Crippen molar-refractivity contribution in [3.63, 3.8) is 0 Å². The van der Waals surface area contributed by atoms with Crippen LogP contribution in [0.15, 0.2) is 0 Å². The molecule has 0 radical (unpaired) electrons. The monoisotopic (exact) mass is 230 g/mol. The van der Waals surface area contributed by atoms with Crippen molar-refractivity contribution in [2.75, 3.05) is 19.7 Å². The molecule has 5 heteroatoms. The zero-order valence-electron chi connectivity index (χ0n) is 10.1. The summed E-state index contributed by atoms with van der Waals surface area (Å²) >= 11 is 0. The zero-order valence-corrected chi connectivity index (χ0v) is 10.1. The largest absolute Gasteiger partial charge is 0.396 e. The Morgan fingerprint density at radius 1 is 1.25 bits per heavy atom. The van der Waals surface area contributed by atoms with Gasteiger partial charge in [-0.1, -0.05) is 13.3 Å². The van der Waals surface area contributed by atoms with E-state index >= 15 is 0 Å². The van der Waals surface area contributed by atoms with Gasteiger partial charge in [-0.25, -0.2) is 0 Å². The van der Waals surface area contributed by atoms with E-state index in [-0.39, 0.29) is 25.0 Å². The third-order valence-electron chi connectivity index (χ3n) is 2.32. The van der Waals surface area contributed by atoms with Gasteiger partial charge in [0.05, 0.1) is 6.54 Å². The topological polar surface area (TPSA) is 78.4 Å². The predicted molar refractivity (Wildman–Crippen MR) is 61.8 cm³/mol. The molecule has 0 spiro atoms. The van der Waals surface area contributed by atoms with Crippen molar-refractivity contribution < 1.29 is 14.7 Å². The summed E-state index contributed by atoms with van der Waals surface area (Å²) in [5.74, 6) is -0.0823. The fraction of sp³-hybridized carbons (Fsp3) is 0.818. The lowest BCUT2D eigenvalue weighted by atomic mass is 10.0. The second-order valence-corrected chi connectivity index (χ2v) is 3.88. The van der Waals surface area contributed by atoms with Crippen molar-refractivity contribution in [2.24, 2.45) is 5.92 Å². The molecule has 94 valence electrons. The first-order valence-electron chi connectivity index (χ1n) is 5.72. The number of nitrogens with one attached hydrogen (secondary N) is 2. The van der Waals surface area contributed by atoms with Crippen LogP contribution < -0.4 is 10.6 Å². The third kappa shape index (κ3) is 8.23. The Labute approximate surface area is 96.6 Å². The van der Waals surface area contributed by atoms with Crippen LogP contribution in [-0.2, 0) is 9.59 Å². The lowest BCUT2D eigenvalue weighted by Gasteiger charge is -2.15. The first-order valence-corrected chi connectivity index (χ1v) is 5.72. The zero-order chi connectivity index (χ0) is 12.4. The van der Waals surface area contributed by atoms with E-state index in [1.54, 1.807) is 0 Å². The van der Waals surface area contributed by atoms with Gasteiger partial charge in [-0.3, -0.25) is 9.59 Å². The van der Waals surface area contributed by atoms with Gasteiger partial charge >= 0.3 is 0 Å². The van der Waals surface area contributed by atoms with Gasteiger partial charge in [0.2, 0.25) is 11.8 Å². The van der Waals surface area contributed by atoms with Crippen LogP contribution in [0.1, 0.15) is 33.1 Å². The quantitative estimate of drug-likeness (QED) is 0.551. The molecule has 0 saturated heterocycles. The number of hydrogen-bond donors (Lipinski definition) is 3. The highest BCUT2D eigenvalue weighted by atomic mass is 16.3. The minimum absolute atomic E-state index is 0.0211. The van der Waals surface area contributed by atoms with Gasteiger partial charge in [-0.15, -0.1) is 0 Å². The smallest absolute Gasteiger partial charge is 0.239 e. The van der Waals surface area contributed by atoms with Gasteiger partial charge in [-0.2, -0.15) is 0 Å². The fourth-order valence-corrected chi connectivity index (χ4v) is 1.46. The molecule has 1 unspecified atom stereocenters. The van der Waals surface area contributed by atoms with Crippen LogP contribution in [-0.4, -0.2) is 36.6 Å². The maximum atomic E-state index is 11.3. The Balaban J connectivity index is 3.72. The highest BCUT2D eigenvalue weighted by molar-refractivity contribution is 5.83. The second kappa shape index (κ2) is 9.15. The number of aliphatic hydroxyl groups excluding tert-OH is 1. The van der Waals surface area contributed by atoms with Crippen LogP contribution >= 0.6 is 0 Å². The molecule has 0 aliphatic rings. The summed E-state index contributed by atoms with van der Waals surface area (Å²) in [5, 5.41) is 14.0. The van der Waals surface area contributed by atoms with Crippen LogP contribution in [0.5, 0.6) is 0 Å². The van der Waals surface area contributed by atoms with Crippen molar-refractivity contribution in [1.82, 2.24) is 10.6 Å². The summed E-state index contributed by atoms with van der Waals surface area (Å²) in [6.45, 7) is 4.18. The molecular weight excluding hydrogens is 208 g/mol. The minimum Gasteiger partial charge on any atom is -0.396 e. The van der Waals surface area contributed by atoms with Crippen molar-refractivity contribution >= 4 is 11.8 Å². The van der Waals surface area contributed by atoms with Crippen molar-refractivity contribution in [3.8, 4) is 0 Å². The van der Waals surface area contributed by atoms with Crippen LogP contribution in [0.3, 0.4) is 0 Å². The van der Waals surface area contributed by atoms with E-state index in [2.05, 4.69) is 17.6 Å². The molecule has 0 rings (SSSR count). The molecule has 1 atom stereocenters. The Hall–Kier alpha value is -1.10. The van der Waals surface area contributed by atoms with E-state index in [9.17, 15) is 9.59 Å². The summed E-state index contributed by atoms with van der Waals surface area (Å²) in [6, 6.07) is 0. The van der Waals surface area contributed by atoms with Crippen LogP contribution in [0, 0.1) is 5.92 Å². The minimum atomic E-state index is -0.212. The highest BCUT2D eigenvalue weighted by Gasteiger charge is 2.09. The molecule has 0 bridgehead atoms. The average molecular weight is 230 g/mol. The Morgan fingerprint density at radius 2 is 1.94 bits per heavy atom. The summed E-state index contributed by atoms with van der Waals surface area (Å²) in [4.78, 5) is 21.8. The summed E-state index contributed by atoms with van der Waals surface area (Å²) in [5.41, 5.74) is 0. The number of carbonyl (C=O) groups is 2. The van der Waals surface area contributed by atoms with Gasteiger partial charge in [0, 0.05) is 20.1 Å². The summed E-state index contributed by atoms with van der Waals surface area (Å²) < 4.78 is 0. The van der Waals surface area contributed by atoms with E-state index in [1.807, 2.05) is 0 Å². The normalized spacial score (nSPS) is 11.9. The lowest BCUT2D eigenvalue weighted by molar-refractivity contribution is -0.125. The molecule has 5 nitrogen and oxygen atoms in total. The molecule has 16 heavy (non-hydrogen) atoms. The van der Waals surface area contributed by atoms with Gasteiger partial charge < -0.3 is 15.7 Å². The van der Waals surface area contributed by atoms with Gasteiger partial charge in [-0.05, 0) is 18.8 Å². The Kier molecular flexibility index (Phi) is 8.52.